The van der Waals surface area contributed by atoms with E-state index in [0.29, 0.717) is 0 Å². The van der Waals surface area contributed by atoms with E-state index in [0.717, 1.165) is 33.3 Å². The monoisotopic (exact) mass is 318 g/mol. The van der Waals surface area contributed by atoms with Crippen molar-refractivity contribution in [1.29, 1.82) is 0 Å². The minimum atomic E-state index is 0.741. The Hall–Kier alpha value is -1.80. The Morgan fingerprint density at radius 2 is 2.14 bits per heavy atom. The van der Waals surface area contributed by atoms with Gasteiger partial charge in [0.2, 0.25) is 5.16 Å². The SMILES string of the molecule is CCNc1cc(Sc2nnc3ccccn23)nc(SC)n1. The molecule has 0 spiro atoms. The molecule has 0 saturated heterocycles. The Kier molecular flexibility index (Phi) is 4.26. The first-order chi connectivity index (χ1) is 10.3. The molecule has 8 heteroatoms. The molecular formula is C13H14N6S2. The van der Waals surface area contributed by atoms with E-state index < -0.39 is 0 Å². The molecule has 3 aromatic rings. The standard InChI is InChI=1S/C13H14N6S2/c1-3-14-9-8-11(16-12(15-9)20-2)21-13-18-17-10-6-4-5-7-19(10)13/h4-8H,3H2,1-2H3,(H,14,15,16). The number of nitrogens with zero attached hydrogens (tertiary/aromatic N) is 5. The van der Waals surface area contributed by atoms with Gasteiger partial charge in [0, 0.05) is 18.8 Å². The van der Waals surface area contributed by atoms with E-state index in [9.17, 15) is 0 Å². The lowest BCUT2D eigenvalue weighted by atomic mass is 10.5. The van der Waals surface area contributed by atoms with Crippen molar-refractivity contribution in [2.75, 3.05) is 18.1 Å². The first-order valence-electron chi connectivity index (χ1n) is 6.44. The van der Waals surface area contributed by atoms with Crippen molar-refractivity contribution < 1.29 is 0 Å². The summed E-state index contributed by atoms with van der Waals surface area (Å²) < 4.78 is 1.94. The maximum absolute atomic E-state index is 4.51. The van der Waals surface area contributed by atoms with Crippen LogP contribution < -0.4 is 5.32 Å². The van der Waals surface area contributed by atoms with Gasteiger partial charge in [-0.2, -0.15) is 0 Å². The van der Waals surface area contributed by atoms with Crippen molar-refractivity contribution in [3.63, 3.8) is 0 Å². The van der Waals surface area contributed by atoms with Gasteiger partial charge in [-0.05, 0) is 37.1 Å². The summed E-state index contributed by atoms with van der Waals surface area (Å²) in [6.07, 6.45) is 3.91. The van der Waals surface area contributed by atoms with E-state index in [1.807, 2.05) is 48.0 Å². The van der Waals surface area contributed by atoms with Gasteiger partial charge < -0.3 is 5.32 Å². The number of thioether (sulfide) groups is 1. The first-order valence-corrected chi connectivity index (χ1v) is 8.49. The normalized spacial score (nSPS) is 11.0. The van der Waals surface area contributed by atoms with Gasteiger partial charge in [0.1, 0.15) is 10.8 Å². The van der Waals surface area contributed by atoms with Gasteiger partial charge in [-0.3, -0.25) is 4.40 Å². The fraction of sp³-hybridized carbons (Fsp3) is 0.231. The Labute approximate surface area is 130 Å². The number of nitrogens with one attached hydrogen (secondary N) is 1. The molecule has 108 valence electrons. The number of hydrogen-bond acceptors (Lipinski definition) is 7. The Morgan fingerprint density at radius 3 is 2.95 bits per heavy atom. The maximum Gasteiger partial charge on any atom is 0.201 e. The molecule has 0 radical (unpaired) electrons. The molecule has 0 aliphatic rings. The molecule has 0 saturated carbocycles. The molecule has 3 heterocycles. The van der Waals surface area contributed by atoms with Gasteiger partial charge in [-0.15, -0.1) is 10.2 Å². The number of fused-ring (bicyclic) bond motifs is 1. The lowest BCUT2D eigenvalue weighted by Gasteiger charge is -2.06. The summed E-state index contributed by atoms with van der Waals surface area (Å²) in [4.78, 5) is 8.93. The highest BCUT2D eigenvalue weighted by molar-refractivity contribution is 7.99. The second kappa shape index (κ2) is 6.31. The van der Waals surface area contributed by atoms with E-state index in [1.165, 1.54) is 23.5 Å². The molecule has 3 rings (SSSR count). The fourth-order valence-corrected chi connectivity index (χ4v) is 3.06. The quantitative estimate of drug-likeness (QED) is 0.441. The van der Waals surface area contributed by atoms with Crippen LogP contribution in [0.1, 0.15) is 6.92 Å². The van der Waals surface area contributed by atoms with Gasteiger partial charge in [-0.1, -0.05) is 17.8 Å². The summed E-state index contributed by atoms with van der Waals surface area (Å²) >= 11 is 3.00. The van der Waals surface area contributed by atoms with Gasteiger partial charge in [0.05, 0.1) is 0 Å². The van der Waals surface area contributed by atoms with Crippen LogP contribution in [0.25, 0.3) is 5.65 Å². The van der Waals surface area contributed by atoms with Crippen LogP contribution in [0.5, 0.6) is 0 Å². The largest absolute Gasteiger partial charge is 0.370 e. The predicted octanol–water partition coefficient (Wildman–Crippen LogP) is 2.82. The van der Waals surface area contributed by atoms with E-state index in [1.54, 1.807) is 0 Å². The van der Waals surface area contributed by atoms with Crippen LogP contribution in [0, 0.1) is 0 Å². The van der Waals surface area contributed by atoms with E-state index >= 15 is 0 Å². The van der Waals surface area contributed by atoms with E-state index in [4.69, 9.17) is 0 Å². The van der Waals surface area contributed by atoms with Crippen molar-refractivity contribution in [2.24, 2.45) is 0 Å². The Bertz CT molecular complexity index is 757. The highest BCUT2D eigenvalue weighted by Gasteiger charge is 2.10. The summed E-state index contributed by atoms with van der Waals surface area (Å²) in [5.74, 6) is 0.827. The smallest absolute Gasteiger partial charge is 0.201 e. The van der Waals surface area contributed by atoms with Crippen molar-refractivity contribution in [3.8, 4) is 0 Å². The molecule has 21 heavy (non-hydrogen) atoms. The van der Waals surface area contributed by atoms with Crippen LogP contribution in [0.15, 0.2) is 45.8 Å². The summed E-state index contributed by atoms with van der Waals surface area (Å²) in [6.45, 7) is 2.86. The molecule has 1 N–H and O–H groups in total. The van der Waals surface area contributed by atoms with Crippen molar-refractivity contribution >= 4 is 35.0 Å². The van der Waals surface area contributed by atoms with E-state index in [2.05, 4.69) is 25.5 Å². The number of rotatable bonds is 5. The molecule has 0 fully saturated rings. The molecule has 0 aliphatic heterocycles. The zero-order valence-electron chi connectivity index (χ0n) is 11.6. The third-order valence-corrected chi connectivity index (χ3v) is 4.13. The van der Waals surface area contributed by atoms with Crippen molar-refractivity contribution in [3.05, 3.63) is 30.5 Å². The molecule has 3 aromatic heterocycles. The van der Waals surface area contributed by atoms with Crippen LogP contribution in [0.3, 0.4) is 0 Å². The lowest BCUT2D eigenvalue weighted by molar-refractivity contribution is 0.876. The summed E-state index contributed by atoms with van der Waals surface area (Å²) in [5, 5.41) is 14.0. The number of hydrogen-bond donors (Lipinski definition) is 1. The fourth-order valence-electron chi connectivity index (χ4n) is 1.80. The zero-order chi connectivity index (χ0) is 14.7. The maximum atomic E-state index is 4.51. The molecule has 0 bridgehead atoms. The molecule has 0 unspecified atom stereocenters. The number of aromatic nitrogens is 5. The minimum Gasteiger partial charge on any atom is -0.370 e. The van der Waals surface area contributed by atoms with Crippen LogP contribution in [0.2, 0.25) is 0 Å². The topological polar surface area (TPSA) is 68.0 Å². The third kappa shape index (κ3) is 3.11. The third-order valence-electron chi connectivity index (χ3n) is 2.70. The second-order valence-electron chi connectivity index (χ2n) is 4.12. The lowest BCUT2D eigenvalue weighted by Crippen LogP contribution is -2.01. The average molecular weight is 318 g/mol. The zero-order valence-corrected chi connectivity index (χ0v) is 13.3. The van der Waals surface area contributed by atoms with Crippen LogP contribution in [-0.4, -0.2) is 37.4 Å². The number of pyridine rings is 1. The van der Waals surface area contributed by atoms with Crippen LogP contribution >= 0.6 is 23.5 Å². The van der Waals surface area contributed by atoms with Gasteiger partial charge in [-0.25, -0.2) is 9.97 Å². The molecule has 0 amide bonds. The molecule has 0 aliphatic carbocycles. The Balaban J connectivity index is 1.95. The molecular weight excluding hydrogens is 304 g/mol. The molecule has 0 aromatic carbocycles. The van der Waals surface area contributed by atoms with Crippen LogP contribution in [0.4, 0.5) is 5.82 Å². The summed E-state index contributed by atoms with van der Waals surface area (Å²) in [6, 6.07) is 7.75. The summed E-state index contributed by atoms with van der Waals surface area (Å²) in [5.41, 5.74) is 0.825. The first kappa shape index (κ1) is 14.2. The van der Waals surface area contributed by atoms with Gasteiger partial charge in [0.15, 0.2) is 10.8 Å². The number of anilines is 1. The van der Waals surface area contributed by atoms with Crippen LogP contribution in [-0.2, 0) is 0 Å². The second-order valence-corrected chi connectivity index (χ2v) is 5.88. The molecule has 6 nitrogen and oxygen atoms in total. The molecule has 0 atom stereocenters. The summed E-state index contributed by atoms with van der Waals surface area (Å²) in [7, 11) is 0. The predicted molar refractivity (Wildman–Crippen MR) is 85.1 cm³/mol. The minimum absolute atomic E-state index is 0.741. The van der Waals surface area contributed by atoms with Crippen molar-refractivity contribution in [2.45, 2.75) is 22.3 Å². The average Bonchev–Trinajstić information content (AvgIpc) is 2.91. The van der Waals surface area contributed by atoms with E-state index in [-0.39, 0.29) is 0 Å². The van der Waals surface area contributed by atoms with Crippen molar-refractivity contribution in [1.82, 2.24) is 24.6 Å². The highest BCUT2D eigenvalue weighted by atomic mass is 32.2. The Morgan fingerprint density at radius 1 is 1.24 bits per heavy atom. The van der Waals surface area contributed by atoms with Gasteiger partial charge >= 0.3 is 0 Å². The highest BCUT2D eigenvalue weighted by Crippen LogP contribution is 2.27. The van der Waals surface area contributed by atoms with Gasteiger partial charge in [0.25, 0.3) is 0 Å².